The van der Waals surface area contributed by atoms with Gasteiger partial charge in [0.2, 0.25) is 11.0 Å². The SMILES string of the molecule is CCc1nnc(NC(=O)C2CCCN2C(=O)N(CCC(C)C)CC(=O)NO)s1. The van der Waals surface area contributed by atoms with Crippen LogP contribution < -0.4 is 10.8 Å². The Morgan fingerprint density at radius 3 is 2.71 bits per heavy atom. The first-order valence-corrected chi connectivity index (χ1v) is 10.3. The molecule has 156 valence electrons. The van der Waals surface area contributed by atoms with E-state index in [1.807, 2.05) is 20.8 Å². The van der Waals surface area contributed by atoms with E-state index in [1.54, 1.807) is 5.48 Å². The zero-order valence-electron chi connectivity index (χ0n) is 16.5. The van der Waals surface area contributed by atoms with Gasteiger partial charge in [-0.3, -0.25) is 20.1 Å². The first-order valence-electron chi connectivity index (χ1n) is 9.47. The monoisotopic (exact) mass is 412 g/mol. The lowest BCUT2D eigenvalue weighted by molar-refractivity contribution is -0.129. The maximum absolute atomic E-state index is 13.0. The van der Waals surface area contributed by atoms with Crippen LogP contribution in [0.2, 0.25) is 0 Å². The van der Waals surface area contributed by atoms with Crippen LogP contribution in [0, 0.1) is 5.92 Å². The van der Waals surface area contributed by atoms with Crippen LogP contribution in [0.3, 0.4) is 0 Å². The number of hydrogen-bond donors (Lipinski definition) is 3. The number of amides is 4. The summed E-state index contributed by atoms with van der Waals surface area (Å²) in [5.41, 5.74) is 1.56. The summed E-state index contributed by atoms with van der Waals surface area (Å²) in [5, 5.41) is 20.7. The van der Waals surface area contributed by atoms with Gasteiger partial charge < -0.3 is 9.80 Å². The van der Waals surface area contributed by atoms with Gasteiger partial charge in [0.25, 0.3) is 5.91 Å². The molecular weight excluding hydrogens is 384 g/mol. The van der Waals surface area contributed by atoms with Crippen LogP contribution in [-0.4, -0.2) is 68.7 Å². The normalized spacial score (nSPS) is 16.3. The van der Waals surface area contributed by atoms with E-state index < -0.39 is 11.9 Å². The summed E-state index contributed by atoms with van der Waals surface area (Å²) in [5.74, 6) is -0.631. The minimum absolute atomic E-state index is 0.261. The number of rotatable bonds is 8. The molecule has 4 amide bonds. The van der Waals surface area contributed by atoms with Crippen molar-refractivity contribution >= 4 is 34.3 Å². The van der Waals surface area contributed by atoms with Gasteiger partial charge in [0, 0.05) is 13.1 Å². The van der Waals surface area contributed by atoms with Crippen molar-refractivity contribution in [3.63, 3.8) is 0 Å². The number of nitrogens with one attached hydrogen (secondary N) is 2. The third-order valence-corrected chi connectivity index (χ3v) is 5.49. The molecule has 1 aromatic heterocycles. The van der Waals surface area contributed by atoms with E-state index in [2.05, 4.69) is 15.5 Å². The highest BCUT2D eigenvalue weighted by molar-refractivity contribution is 7.15. The van der Waals surface area contributed by atoms with Gasteiger partial charge in [-0.25, -0.2) is 10.3 Å². The zero-order valence-corrected chi connectivity index (χ0v) is 17.3. The van der Waals surface area contributed by atoms with E-state index in [9.17, 15) is 14.4 Å². The lowest BCUT2D eigenvalue weighted by Crippen LogP contribution is -2.51. The molecule has 2 heterocycles. The van der Waals surface area contributed by atoms with Gasteiger partial charge >= 0.3 is 6.03 Å². The van der Waals surface area contributed by atoms with E-state index in [4.69, 9.17) is 5.21 Å². The van der Waals surface area contributed by atoms with Gasteiger partial charge in [0.15, 0.2) is 0 Å². The molecular formula is C17H28N6O4S. The van der Waals surface area contributed by atoms with Crippen LogP contribution in [0.1, 0.15) is 45.0 Å². The van der Waals surface area contributed by atoms with Gasteiger partial charge in [-0.1, -0.05) is 32.1 Å². The second kappa shape index (κ2) is 10.3. The van der Waals surface area contributed by atoms with E-state index in [0.29, 0.717) is 43.4 Å². The highest BCUT2D eigenvalue weighted by atomic mass is 32.1. The molecule has 0 aromatic carbocycles. The zero-order chi connectivity index (χ0) is 20.7. The average Bonchev–Trinajstić information content (AvgIpc) is 3.33. The molecule has 1 atom stereocenters. The van der Waals surface area contributed by atoms with Crippen LogP contribution in [0.5, 0.6) is 0 Å². The Morgan fingerprint density at radius 2 is 2.11 bits per heavy atom. The number of aromatic nitrogens is 2. The number of aryl methyl sites for hydroxylation is 1. The first-order chi connectivity index (χ1) is 13.3. The number of carbonyl (C=O) groups is 3. The Balaban J connectivity index is 2.06. The molecule has 1 aliphatic rings. The molecule has 0 saturated carbocycles. The molecule has 0 spiro atoms. The summed E-state index contributed by atoms with van der Waals surface area (Å²) in [7, 11) is 0. The molecule has 2 rings (SSSR count). The van der Waals surface area contributed by atoms with Crippen molar-refractivity contribution in [3.8, 4) is 0 Å². The highest BCUT2D eigenvalue weighted by Gasteiger charge is 2.37. The predicted molar refractivity (Wildman–Crippen MR) is 104 cm³/mol. The van der Waals surface area contributed by atoms with Crippen molar-refractivity contribution in [1.82, 2.24) is 25.5 Å². The third kappa shape index (κ3) is 5.86. The summed E-state index contributed by atoms with van der Waals surface area (Å²) < 4.78 is 0. The molecule has 0 aliphatic carbocycles. The van der Waals surface area contributed by atoms with Crippen molar-refractivity contribution in [2.24, 2.45) is 5.92 Å². The summed E-state index contributed by atoms with van der Waals surface area (Å²) in [4.78, 5) is 40.2. The molecule has 1 unspecified atom stereocenters. The number of nitrogens with zero attached hydrogens (tertiary/aromatic N) is 4. The maximum Gasteiger partial charge on any atom is 0.321 e. The molecule has 10 nitrogen and oxygen atoms in total. The quantitative estimate of drug-likeness (QED) is 0.438. The number of carbonyl (C=O) groups excluding carboxylic acids is 3. The molecule has 28 heavy (non-hydrogen) atoms. The van der Waals surface area contributed by atoms with E-state index in [-0.39, 0.29) is 18.5 Å². The Bertz CT molecular complexity index is 695. The van der Waals surface area contributed by atoms with Crippen molar-refractivity contribution < 1.29 is 19.6 Å². The summed E-state index contributed by atoms with van der Waals surface area (Å²) in [6.07, 6.45) is 2.69. The minimum atomic E-state index is -0.668. The van der Waals surface area contributed by atoms with Crippen LogP contribution in [0.25, 0.3) is 0 Å². The molecule has 1 fully saturated rings. The topological polar surface area (TPSA) is 128 Å². The summed E-state index contributed by atoms with van der Waals surface area (Å²) in [6, 6.07) is -1.01. The van der Waals surface area contributed by atoms with Crippen molar-refractivity contribution in [1.29, 1.82) is 0 Å². The summed E-state index contributed by atoms with van der Waals surface area (Å²) >= 11 is 1.31. The lowest BCUT2D eigenvalue weighted by atomic mass is 10.1. The average molecular weight is 413 g/mol. The Kier molecular flexibility index (Phi) is 8.12. The fraction of sp³-hybridized carbons (Fsp3) is 0.706. The van der Waals surface area contributed by atoms with Gasteiger partial charge in [-0.2, -0.15) is 0 Å². The maximum atomic E-state index is 13.0. The Labute approximate surface area is 168 Å². The second-order valence-electron chi connectivity index (χ2n) is 7.12. The molecule has 0 bridgehead atoms. The second-order valence-corrected chi connectivity index (χ2v) is 8.18. The van der Waals surface area contributed by atoms with Crippen molar-refractivity contribution in [3.05, 3.63) is 5.01 Å². The van der Waals surface area contributed by atoms with Crippen molar-refractivity contribution in [2.75, 3.05) is 25.0 Å². The van der Waals surface area contributed by atoms with Gasteiger partial charge in [-0.05, 0) is 31.6 Å². The molecule has 3 N–H and O–H groups in total. The van der Waals surface area contributed by atoms with Gasteiger partial charge in [-0.15, -0.1) is 10.2 Å². The molecule has 1 saturated heterocycles. The van der Waals surface area contributed by atoms with Crippen LogP contribution in [0.4, 0.5) is 9.93 Å². The number of hydrogen-bond acceptors (Lipinski definition) is 7. The van der Waals surface area contributed by atoms with Gasteiger partial charge in [0.05, 0.1) is 0 Å². The Hall–Kier alpha value is -2.27. The van der Waals surface area contributed by atoms with E-state index in [1.165, 1.54) is 21.1 Å². The van der Waals surface area contributed by atoms with E-state index in [0.717, 1.165) is 11.4 Å². The van der Waals surface area contributed by atoms with E-state index >= 15 is 0 Å². The fourth-order valence-corrected chi connectivity index (χ4v) is 3.63. The lowest BCUT2D eigenvalue weighted by Gasteiger charge is -2.31. The number of likely N-dealkylation sites (tertiary alicyclic amines) is 1. The van der Waals surface area contributed by atoms with Crippen LogP contribution in [0.15, 0.2) is 0 Å². The number of hydroxylamine groups is 1. The molecule has 11 heteroatoms. The largest absolute Gasteiger partial charge is 0.321 e. The van der Waals surface area contributed by atoms with Gasteiger partial charge in [0.1, 0.15) is 17.6 Å². The number of anilines is 1. The highest BCUT2D eigenvalue weighted by Crippen LogP contribution is 2.22. The smallest absolute Gasteiger partial charge is 0.315 e. The molecule has 1 aromatic rings. The Morgan fingerprint density at radius 1 is 1.36 bits per heavy atom. The van der Waals surface area contributed by atoms with Crippen LogP contribution in [-0.2, 0) is 16.0 Å². The van der Waals surface area contributed by atoms with Crippen LogP contribution >= 0.6 is 11.3 Å². The van der Waals surface area contributed by atoms with Crippen molar-refractivity contribution in [2.45, 2.75) is 52.5 Å². The predicted octanol–water partition coefficient (Wildman–Crippen LogP) is 1.48. The standard InChI is InChI=1S/C17H28N6O4S/c1-4-14-19-20-16(28-14)18-15(25)12-6-5-8-23(12)17(26)22(9-7-11(2)3)10-13(24)21-27/h11-12,27H,4-10H2,1-3H3,(H,21,24)(H,18,20,25). The molecule has 0 radical (unpaired) electrons. The summed E-state index contributed by atoms with van der Waals surface area (Å²) in [6.45, 7) is 6.54. The third-order valence-electron chi connectivity index (χ3n) is 4.51. The fourth-order valence-electron chi connectivity index (χ4n) is 2.95. The molecule has 1 aliphatic heterocycles. The number of urea groups is 1. The minimum Gasteiger partial charge on any atom is -0.315 e. The first kappa shape index (κ1) is 22.0.